The van der Waals surface area contributed by atoms with E-state index in [2.05, 4.69) is 5.32 Å². The topological polar surface area (TPSA) is 41.6 Å². The number of halogens is 1. The Labute approximate surface area is 91.3 Å². The van der Waals surface area contributed by atoms with Crippen LogP contribution in [0.5, 0.6) is 0 Å². The van der Waals surface area contributed by atoms with Gasteiger partial charge in [0.1, 0.15) is 0 Å². The summed E-state index contributed by atoms with van der Waals surface area (Å²) in [5.74, 6) is 0.0576. The lowest BCUT2D eigenvalue weighted by atomic mass is 9.82. The number of nitrogens with zero attached hydrogens (tertiary/aromatic N) is 1. The zero-order valence-electron chi connectivity index (χ0n) is 9.00. The molecule has 0 aromatic carbocycles. The second-order valence-corrected chi connectivity index (χ2v) is 3.83. The molecule has 4 nitrogen and oxygen atoms in total. The Kier molecular flexibility index (Phi) is 5.41. The molecule has 0 radical (unpaired) electrons. The molecule has 0 aromatic heterocycles. The Morgan fingerprint density at radius 3 is 2.64 bits per heavy atom. The number of amides is 1. The SMILES string of the molecule is CON(C)C(=O)C1(C)CCCNC1.Cl. The van der Waals surface area contributed by atoms with Crippen LogP contribution in [0.25, 0.3) is 0 Å². The van der Waals surface area contributed by atoms with Crippen LogP contribution >= 0.6 is 12.4 Å². The first kappa shape index (κ1) is 13.7. The number of hydrogen-bond donors (Lipinski definition) is 1. The van der Waals surface area contributed by atoms with Crippen molar-refractivity contribution < 1.29 is 9.63 Å². The second-order valence-electron chi connectivity index (χ2n) is 3.83. The standard InChI is InChI=1S/C9H18N2O2.ClH/c1-9(5-4-6-10-7-9)8(12)11(2)13-3;/h10H,4-7H2,1-3H3;1H. The van der Waals surface area contributed by atoms with Crippen molar-refractivity contribution in [2.45, 2.75) is 19.8 Å². The molecule has 84 valence electrons. The molecular formula is C9H19ClN2O2. The van der Waals surface area contributed by atoms with Crippen molar-refractivity contribution >= 4 is 18.3 Å². The summed E-state index contributed by atoms with van der Waals surface area (Å²) in [5.41, 5.74) is -0.289. The average Bonchev–Trinajstić information content (AvgIpc) is 2.16. The number of hydrogen-bond acceptors (Lipinski definition) is 3. The Morgan fingerprint density at radius 2 is 2.21 bits per heavy atom. The highest BCUT2D eigenvalue weighted by Gasteiger charge is 2.36. The summed E-state index contributed by atoms with van der Waals surface area (Å²) in [5, 5.41) is 4.54. The minimum atomic E-state index is -0.289. The maximum atomic E-state index is 11.8. The molecule has 14 heavy (non-hydrogen) atoms. The zero-order chi connectivity index (χ0) is 9.90. The van der Waals surface area contributed by atoms with Gasteiger partial charge < -0.3 is 5.32 Å². The van der Waals surface area contributed by atoms with Gasteiger partial charge in [-0.25, -0.2) is 5.06 Å². The van der Waals surface area contributed by atoms with Crippen molar-refractivity contribution in [1.29, 1.82) is 0 Å². The molecule has 0 spiro atoms. The van der Waals surface area contributed by atoms with Gasteiger partial charge >= 0.3 is 0 Å². The normalized spacial score (nSPS) is 26.5. The van der Waals surface area contributed by atoms with Gasteiger partial charge in [-0.3, -0.25) is 9.63 Å². The predicted octanol–water partition coefficient (Wildman–Crippen LogP) is 0.818. The van der Waals surface area contributed by atoms with Crippen molar-refractivity contribution in [2.24, 2.45) is 5.41 Å². The van der Waals surface area contributed by atoms with E-state index in [4.69, 9.17) is 4.84 Å². The van der Waals surface area contributed by atoms with Crippen molar-refractivity contribution in [2.75, 3.05) is 27.2 Å². The van der Waals surface area contributed by atoms with Gasteiger partial charge in [0, 0.05) is 13.6 Å². The largest absolute Gasteiger partial charge is 0.316 e. The lowest BCUT2D eigenvalue weighted by Crippen LogP contribution is -2.48. The van der Waals surface area contributed by atoms with Gasteiger partial charge in [-0.15, -0.1) is 12.4 Å². The summed E-state index contributed by atoms with van der Waals surface area (Å²) in [6.07, 6.45) is 1.99. The number of hydroxylamine groups is 2. The average molecular weight is 223 g/mol. The lowest BCUT2D eigenvalue weighted by molar-refractivity contribution is -0.180. The van der Waals surface area contributed by atoms with E-state index in [9.17, 15) is 4.79 Å². The molecule has 1 heterocycles. The van der Waals surface area contributed by atoms with Gasteiger partial charge in [-0.1, -0.05) is 0 Å². The maximum absolute atomic E-state index is 11.8. The van der Waals surface area contributed by atoms with E-state index in [1.807, 2.05) is 6.92 Å². The van der Waals surface area contributed by atoms with Gasteiger partial charge in [0.25, 0.3) is 5.91 Å². The number of carbonyl (C=O) groups excluding carboxylic acids is 1. The van der Waals surface area contributed by atoms with Crippen LogP contribution in [-0.2, 0) is 9.63 Å². The van der Waals surface area contributed by atoms with Crippen molar-refractivity contribution in [3.8, 4) is 0 Å². The molecule has 1 fully saturated rings. The van der Waals surface area contributed by atoms with Crippen molar-refractivity contribution in [1.82, 2.24) is 10.4 Å². The smallest absolute Gasteiger partial charge is 0.253 e. The number of rotatable bonds is 2. The predicted molar refractivity (Wildman–Crippen MR) is 57.2 cm³/mol. The third-order valence-electron chi connectivity index (χ3n) is 2.67. The van der Waals surface area contributed by atoms with E-state index in [-0.39, 0.29) is 23.7 Å². The summed E-state index contributed by atoms with van der Waals surface area (Å²) in [7, 11) is 3.17. The Morgan fingerprint density at radius 1 is 1.57 bits per heavy atom. The molecule has 1 unspecified atom stereocenters. The van der Waals surface area contributed by atoms with Crippen LogP contribution in [0.1, 0.15) is 19.8 Å². The molecule has 0 aliphatic carbocycles. The molecule has 0 bridgehead atoms. The fourth-order valence-corrected chi connectivity index (χ4v) is 1.70. The Balaban J connectivity index is 0.00000169. The van der Waals surface area contributed by atoms with Crippen LogP contribution < -0.4 is 5.32 Å². The molecule has 1 saturated heterocycles. The van der Waals surface area contributed by atoms with E-state index < -0.39 is 0 Å². The van der Waals surface area contributed by atoms with Crippen LogP contribution in [0.2, 0.25) is 0 Å². The monoisotopic (exact) mass is 222 g/mol. The molecule has 1 aliphatic rings. The molecule has 1 rings (SSSR count). The quantitative estimate of drug-likeness (QED) is 0.704. The van der Waals surface area contributed by atoms with Crippen LogP contribution in [0.3, 0.4) is 0 Å². The van der Waals surface area contributed by atoms with E-state index in [1.165, 1.54) is 12.2 Å². The summed E-state index contributed by atoms with van der Waals surface area (Å²) in [4.78, 5) is 16.7. The summed E-state index contributed by atoms with van der Waals surface area (Å²) in [6.45, 7) is 3.75. The summed E-state index contributed by atoms with van der Waals surface area (Å²) >= 11 is 0. The highest BCUT2D eigenvalue weighted by molar-refractivity contribution is 5.85. The van der Waals surface area contributed by atoms with Gasteiger partial charge in [-0.2, -0.15) is 0 Å². The highest BCUT2D eigenvalue weighted by Crippen LogP contribution is 2.27. The molecule has 0 aromatic rings. The Hall–Kier alpha value is -0.320. The Bertz CT molecular complexity index is 193. The van der Waals surface area contributed by atoms with Crippen LogP contribution in [-0.4, -0.2) is 38.2 Å². The third-order valence-corrected chi connectivity index (χ3v) is 2.67. The molecule has 1 N–H and O–H groups in total. The maximum Gasteiger partial charge on any atom is 0.253 e. The molecule has 1 atom stereocenters. The van der Waals surface area contributed by atoms with E-state index in [0.717, 1.165) is 25.9 Å². The first-order valence-corrected chi connectivity index (χ1v) is 4.63. The summed E-state index contributed by atoms with van der Waals surface area (Å²) in [6, 6.07) is 0. The summed E-state index contributed by atoms with van der Waals surface area (Å²) < 4.78 is 0. The van der Waals surface area contributed by atoms with Gasteiger partial charge in [0.2, 0.25) is 0 Å². The van der Waals surface area contributed by atoms with Crippen LogP contribution in [0.4, 0.5) is 0 Å². The molecule has 5 heteroatoms. The fraction of sp³-hybridized carbons (Fsp3) is 0.889. The fourth-order valence-electron chi connectivity index (χ4n) is 1.70. The number of piperidine rings is 1. The van der Waals surface area contributed by atoms with Gasteiger partial charge in [0.15, 0.2) is 0 Å². The van der Waals surface area contributed by atoms with Crippen molar-refractivity contribution in [3.05, 3.63) is 0 Å². The van der Waals surface area contributed by atoms with E-state index >= 15 is 0 Å². The van der Waals surface area contributed by atoms with Crippen LogP contribution in [0, 0.1) is 5.41 Å². The van der Waals surface area contributed by atoms with Gasteiger partial charge in [0.05, 0.1) is 12.5 Å². The van der Waals surface area contributed by atoms with E-state index in [1.54, 1.807) is 7.05 Å². The minimum absolute atomic E-state index is 0. The van der Waals surface area contributed by atoms with Crippen LogP contribution in [0.15, 0.2) is 0 Å². The van der Waals surface area contributed by atoms with Crippen molar-refractivity contribution in [3.63, 3.8) is 0 Å². The lowest BCUT2D eigenvalue weighted by Gasteiger charge is -2.34. The molecule has 0 saturated carbocycles. The highest BCUT2D eigenvalue weighted by atomic mass is 35.5. The number of nitrogens with one attached hydrogen (secondary N) is 1. The molecule has 1 aliphatic heterocycles. The van der Waals surface area contributed by atoms with Gasteiger partial charge in [-0.05, 0) is 26.3 Å². The van der Waals surface area contributed by atoms with E-state index in [0.29, 0.717) is 0 Å². The molecule has 1 amide bonds. The minimum Gasteiger partial charge on any atom is -0.316 e. The second kappa shape index (κ2) is 5.53. The molecular weight excluding hydrogens is 204 g/mol. The zero-order valence-corrected chi connectivity index (χ0v) is 9.82. The first-order valence-electron chi connectivity index (χ1n) is 4.63. The number of carbonyl (C=O) groups is 1. The third kappa shape index (κ3) is 2.83. The first-order chi connectivity index (χ1) is 6.10.